The Hall–Kier alpha value is 0.628. The van der Waals surface area contributed by atoms with Crippen molar-refractivity contribution in [3.05, 3.63) is 0 Å². The molecule has 10 heteroatoms. The fraction of sp³-hybridized carbons (Fsp3) is 1.00. The maximum absolute atomic E-state index is 6.67. The van der Waals surface area contributed by atoms with Gasteiger partial charge in [-0.1, -0.05) is 0 Å². The molecule has 6 nitrogen and oxygen atoms in total. The van der Waals surface area contributed by atoms with Crippen LogP contribution in [0.2, 0.25) is 78.6 Å². The third kappa shape index (κ3) is 10.7. The van der Waals surface area contributed by atoms with Crippen molar-refractivity contribution in [2.75, 3.05) is 13.7 Å². The van der Waals surface area contributed by atoms with Gasteiger partial charge < -0.3 is 27.2 Å². The van der Waals surface area contributed by atoms with E-state index >= 15 is 0 Å². The van der Waals surface area contributed by atoms with Crippen LogP contribution in [0.3, 0.4) is 0 Å². The van der Waals surface area contributed by atoms with Gasteiger partial charge in [0.2, 0.25) is 0 Å². The van der Waals surface area contributed by atoms with Crippen molar-refractivity contribution >= 4 is 33.3 Å². The maximum atomic E-state index is 6.67. The van der Waals surface area contributed by atoms with Gasteiger partial charge in [-0.2, -0.15) is 0 Å². The summed E-state index contributed by atoms with van der Waals surface area (Å²) >= 11 is 0. The molecule has 0 radical (unpaired) electrons. The topological polar surface area (TPSA) is 55.4 Å². The predicted molar refractivity (Wildman–Crippen MR) is 130 cm³/mol. The van der Waals surface area contributed by atoms with Crippen LogP contribution < -0.4 is 0 Å². The SMILES string of the molecule is CO[C@H]1[C@H](O[Si](C)(C)C)O[C@H](CO[Si](C)(C)C)[C@@H](O[Si](C)(C)C)[C@@H]1O[Si](C)(C)C. The van der Waals surface area contributed by atoms with E-state index in [1.54, 1.807) is 7.11 Å². The molecule has 29 heavy (non-hydrogen) atoms. The molecule has 1 aliphatic heterocycles. The lowest BCUT2D eigenvalue weighted by Gasteiger charge is -2.50. The Kier molecular flexibility index (Phi) is 9.59. The van der Waals surface area contributed by atoms with Crippen LogP contribution in [0.15, 0.2) is 0 Å². The summed E-state index contributed by atoms with van der Waals surface area (Å²) in [4.78, 5) is 0. The van der Waals surface area contributed by atoms with Gasteiger partial charge >= 0.3 is 0 Å². The van der Waals surface area contributed by atoms with Crippen molar-refractivity contribution in [3.8, 4) is 0 Å². The molecular weight excluding hydrogens is 437 g/mol. The molecule has 0 aromatic rings. The zero-order chi connectivity index (χ0) is 22.8. The summed E-state index contributed by atoms with van der Waals surface area (Å²) in [6.45, 7) is 26.7. The Labute approximate surface area is 183 Å². The van der Waals surface area contributed by atoms with Crippen molar-refractivity contribution in [2.45, 2.75) is 109 Å². The van der Waals surface area contributed by atoms with Crippen LogP contribution in [-0.2, 0) is 27.2 Å². The molecule has 1 aliphatic rings. The molecular formula is C19H46O6Si4. The predicted octanol–water partition coefficient (Wildman–Crippen LogP) is 4.87. The molecule has 0 bridgehead atoms. The highest BCUT2D eigenvalue weighted by atomic mass is 28.4. The van der Waals surface area contributed by atoms with Crippen molar-refractivity contribution in [3.63, 3.8) is 0 Å². The van der Waals surface area contributed by atoms with Crippen LogP contribution in [0.25, 0.3) is 0 Å². The highest BCUT2D eigenvalue weighted by Crippen LogP contribution is 2.33. The standard InChI is InChI=1S/C19H46O6Si4/c1-20-18-17(24-28(8,9)10)16(23-27(5,6)7)15(14-21-26(2,3)4)22-19(18)25-29(11,12)13/h15-19H,14H2,1-13H3/t15-,16-,17+,18-,19+/m1/s1. The maximum Gasteiger partial charge on any atom is 0.187 e. The molecule has 1 fully saturated rings. The second-order valence-corrected chi connectivity index (χ2v) is 29.7. The van der Waals surface area contributed by atoms with Crippen LogP contribution in [0.1, 0.15) is 0 Å². The lowest BCUT2D eigenvalue weighted by atomic mass is 9.99. The minimum atomic E-state index is -1.87. The van der Waals surface area contributed by atoms with E-state index in [4.69, 9.17) is 27.2 Å². The Bertz CT molecular complexity index is 507. The summed E-state index contributed by atoms with van der Waals surface area (Å²) in [7, 11) is -5.61. The molecule has 174 valence electrons. The number of ether oxygens (including phenoxy) is 2. The van der Waals surface area contributed by atoms with Crippen LogP contribution in [0.5, 0.6) is 0 Å². The molecule has 1 heterocycles. The largest absolute Gasteiger partial charge is 0.415 e. The van der Waals surface area contributed by atoms with Gasteiger partial charge in [0.05, 0.1) is 6.61 Å². The van der Waals surface area contributed by atoms with E-state index in [0.717, 1.165) is 0 Å². The number of methoxy groups -OCH3 is 1. The van der Waals surface area contributed by atoms with Gasteiger partial charge in [-0.25, -0.2) is 0 Å². The Morgan fingerprint density at radius 3 is 1.41 bits per heavy atom. The lowest BCUT2D eigenvalue weighted by molar-refractivity contribution is -0.278. The van der Waals surface area contributed by atoms with Gasteiger partial charge in [0.25, 0.3) is 0 Å². The van der Waals surface area contributed by atoms with E-state index in [1.165, 1.54) is 0 Å². The first-order valence-corrected chi connectivity index (χ1v) is 24.3. The monoisotopic (exact) mass is 482 g/mol. The Morgan fingerprint density at radius 1 is 0.586 bits per heavy atom. The molecule has 0 aromatic heterocycles. The van der Waals surface area contributed by atoms with Gasteiger partial charge in [0, 0.05) is 7.11 Å². The van der Waals surface area contributed by atoms with Gasteiger partial charge in [-0.15, -0.1) is 0 Å². The third-order valence-electron chi connectivity index (χ3n) is 3.99. The summed E-state index contributed by atoms with van der Waals surface area (Å²) in [5.74, 6) is 0. The molecule has 1 saturated heterocycles. The third-order valence-corrected chi connectivity index (χ3v) is 7.92. The molecule has 5 atom stereocenters. The molecule has 0 spiro atoms. The first kappa shape index (κ1) is 27.7. The highest BCUT2D eigenvalue weighted by molar-refractivity contribution is 6.71. The molecule has 0 aliphatic carbocycles. The normalized spacial score (nSPS) is 29.9. The molecule has 0 N–H and O–H groups in total. The number of hydrogen-bond acceptors (Lipinski definition) is 6. The summed E-state index contributed by atoms with van der Waals surface area (Å²) in [5, 5.41) is 0. The van der Waals surface area contributed by atoms with E-state index in [1.807, 2.05) is 0 Å². The zero-order valence-electron chi connectivity index (χ0n) is 21.0. The fourth-order valence-corrected chi connectivity index (χ4v) is 6.87. The van der Waals surface area contributed by atoms with E-state index in [0.29, 0.717) is 6.61 Å². The quantitative estimate of drug-likeness (QED) is 0.414. The Balaban J connectivity index is 3.32. The van der Waals surface area contributed by atoms with Crippen molar-refractivity contribution in [1.82, 2.24) is 0 Å². The number of rotatable bonds is 10. The van der Waals surface area contributed by atoms with Gasteiger partial charge in [-0.05, 0) is 78.6 Å². The van der Waals surface area contributed by atoms with E-state index in [-0.39, 0.29) is 24.4 Å². The number of hydrogen-bond donors (Lipinski definition) is 0. The molecule has 0 amide bonds. The summed E-state index contributed by atoms with van der Waals surface area (Å²) < 4.78 is 38.4. The molecule has 0 saturated carbocycles. The molecule has 0 aromatic carbocycles. The van der Waals surface area contributed by atoms with Crippen LogP contribution in [-0.4, -0.2) is 77.7 Å². The van der Waals surface area contributed by atoms with E-state index < -0.39 is 39.6 Å². The van der Waals surface area contributed by atoms with Crippen LogP contribution >= 0.6 is 0 Å². The first-order valence-electron chi connectivity index (χ1n) is 10.7. The van der Waals surface area contributed by atoms with Gasteiger partial charge in [0.1, 0.15) is 24.4 Å². The van der Waals surface area contributed by atoms with Crippen molar-refractivity contribution in [2.24, 2.45) is 0 Å². The smallest absolute Gasteiger partial charge is 0.187 e. The average molecular weight is 483 g/mol. The lowest BCUT2D eigenvalue weighted by Crippen LogP contribution is -2.66. The fourth-order valence-electron chi connectivity index (χ4n) is 3.13. The average Bonchev–Trinajstić information content (AvgIpc) is 2.43. The molecule has 1 rings (SSSR count). The highest BCUT2D eigenvalue weighted by Gasteiger charge is 2.51. The Morgan fingerprint density at radius 2 is 1.03 bits per heavy atom. The second kappa shape index (κ2) is 10.1. The van der Waals surface area contributed by atoms with Crippen LogP contribution in [0, 0.1) is 0 Å². The van der Waals surface area contributed by atoms with Crippen molar-refractivity contribution in [1.29, 1.82) is 0 Å². The zero-order valence-corrected chi connectivity index (χ0v) is 25.0. The second-order valence-electron chi connectivity index (χ2n) is 11.8. The van der Waals surface area contributed by atoms with Crippen LogP contribution in [0.4, 0.5) is 0 Å². The summed E-state index contributed by atoms with van der Waals surface area (Å²) in [5.41, 5.74) is 0. The van der Waals surface area contributed by atoms with Gasteiger partial charge in [-0.3, -0.25) is 0 Å². The first-order chi connectivity index (χ1) is 12.8. The summed E-state index contributed by atoms with van der Waals surface area (Å²) in [6, 6.07) is 0. The molecule has 0 unspecified atom stereocenters. The summed E-state index contributed by atoms with van der Waals surface area (Å²) in [6.07, 6.45) is -1.55. The van der Waals surface area contributed by atoms with E-state index in [2.05, 4.69) is 78.6 Å². The minimum Gasteiger partial charge on any atom is -0.415 e. The van der Waals surface area contributed by atoms with E-state index in [9.17, 15) is 0 Å². The van der Waals surface area contributed by atoms with Crippen molar-refractivity contribution < 1.29 is 27.2 Å². The van der Waals surface area contributed by atoms with Gasteiger partial charge in [0.15, 0.2) is 39.6 Å². The minimum absolute atomic E-state index is 0.240.